The highest BCUT2D eigenvalue weighted by atomic mass is 16.5. The molecule has 0 aliphatic carbocycles. The van der Waals surface area contributed by atoms with Crippen molar-refractivity contribution in [1.82, 2.24) is 0 Å². The zero-order chi connectivity index (χ0) is 21.2. The van der Waals surface area contributed by atoms with Gasteiger partial charge in [0.2, 0.25) is 5.91 Å². The molecule has 0 spiro atoms. The SMILES string of the molecule is CC(C)c1ccccc1NC(=O)CNc1cccc(OCCOc2ccccc2)c1. The Balaban J connectivity index is 1.45. The molecule has 156 valence electrons. The highest BCUT2D eigenvalue weighted by Crippen LogP contribution is 2.23. The summed E-state index contributed by atoms with van der Waals surface area (Å²) in [6.07, 6.45) is 0. The lowest BCUT2D eigenvalue weighted by molar-refractivity contribution is -0.114. The number of carbonyl (C=O) groups excluding carboxylic acids is 1. The number of carbonyl (C=O) groups is 1. The molecular formula is C25H28N2O3. The molecule has 0 bridgehead atoms. The summed E-state index contributed by atoms with van der Waals surface area (Å²) in [4.78, 5) is 12.4. The third kappa shape index (κ3) is 6.55. The third-order valence-corrected chi connectivity index (χ3v) is 4.51. The van der Waals surface area contributed by atoms with Gasteiger partial charge >= 0.3 is 0 Å². The number of hydrogen-bond donors (Lipinski definition) is 2. The van der Waals surface area contributed by atoms with Gasteiger partial charge in [-0.2, -0.15) is 0 Å². The maximum Gasteiger partial charge on any atom is 0.243 e. The summed E-state index contributed by atoms with van der Waals surface area (Å²) in [5, 5.41) is 6.13. The first-order valence-corrected chi connectivity index (χ1v) is 10.1. The van der Waals surface area contributed by atoms with Crippen LogP contribution in [-0.4, -0.2) is 25.7 Å². The number of anilines is 2. The molecule has 30 heavy (non-hydrogen) atoms. The third-order valence-electron chi connectivity index (χ3n) is 4.51. The maximum absolute atomic E-state index is 12.4. The van der Waals surface area contributed by atoms with Crippen molar-refractivity contribution in [2.24, 2.45) is 0 Å². The topological polar surface area (TPSA) is 59.6 Å². The van der Waals surface area contributed by atoms with Crippen LogP contribution in [0.5, 0.6) is 11.5 Å². The monoisotopic (exact) mass is 404 g/mol. The van der Waals surface area contributed by atoms with Gasteiger partial charge in [-0.3, -0.25) is 4.79 Å². The van der Waals surface area contributed by atoms with E-state index >= 15 is 0 Å². The van der Waals surface area contributed by atoms with E-state index in [0.29, 0.717) is 19.1 Å². The minimum absolute atomic E-state index is 0.0920. The van der Waals surface area contributed by atoms with Crippen molar-refractivity contribution in [3.8, 4) is 11.5 Å². The largest absolute Gasteiger partial charge is 0.490 e. The Labute approximate surface area is 178 Å². The maximum atomic E-state index is 12.4. The number of benzene rings is 3. The van der Waals surface area contributed by atoms with Gasteiger partial charge in [0.25, 0.3) is 0 Å². The summed E-state index contributed by atoms with van der Waals surface area (Å²) in [7, 11) is 0. The molecule has 5 nitrogen and oxygen atoms in total. The fourth-order valence-electron chi connectivity index (χ4n) is 3.02. The number of rotatable bonds is 10. The van der Waals surface area contributed by atoms with Crippen molar-refractivity contribution in [2.75, 3.05) is 30.4 Å². The quantitative estimate of drug-likeness (QED) is 0.449. The second-order valence-corrected chi connectivity index (χ2v) is 7.18. The van der Waals surface area contributed by atoms with Gasteiger partial charge in [0.1, 0.15) is 24.7 Å². The molecule has 0 radical (unpaired) electrons. The average Bonchev–Trinajstić information content (AvgIpc) is 2.77. The lowest BCUT2D eigenvalue weighted by Crippen LogP contribution is -2.22. The molecule has 0 saturated heterocycles. The standard InChI is InChI=1S/C25H28N2O3/c1-19(2)23-13-6-7-14-24(23)27-25(28)18-26-20-9-8-12-22(17-20)30-16-15-29-21-10-4-3-5-11-21/h3-14,17,19,26H,15-16,18H2,1-2H3,(H,27,28). The first-order chi connectivity index (χ1) is 14.6. The van der Waals surface area contributed by atoms with Gasteiger partial charge in [-0.25, -0.2) is 0 Å². The number of hydrogen-bond acceptors (Lipinski definition) is 4. The normalized spacial score (nSPS) is 10.5. The predicted molar refractivity (Wildman–Crippen MR) is 122 cm³/mol. The second kappa shape index (κ2) is 10.9. The smallest absolute Gasteiger partial charge is 0.243 e. The molecular weight excluding hydrogens is 376 g/mol. The van der Waals surface area contributed by atoms with Crippen molar-refractivity contribution in [3.63, 3.8) is 0 Å². The van der Waals surface area contributed by atoms with Gasteiger partial charge in [0, 0.05) is 17.4 Å². The molecule has 0 atom stereocenters. The van der Waals surface area contributed by atoms with Gasteiger partial charge in [-0.15, -0.1) is 0 Å². The summed E-state index contributed by atoms with van der Waals surface area (Å²) in [5.74, 6) is 1.80. The minimum atomic E-state index is -0.0920. The van der Waals surface area contributed by atoms with Crippen LogP contribution in [0.1, 0.15) is 25.3 Å². The summed E-state index contributed by atoms with van der Waals surface area (Å²) < 4.78 is 11.4. The molecule has 3 rings (SSSR count). The fraction of sp³-hybridized carbons (Fsp3) is 0.240. The van der Waals surface area contributed by atoms with Crippen LogP contribution < -0.4 is 20.1 Å². The van der Waals surface area contributed by atoms with Crippen LogP contribution in [0.3, 0.4) is 0 Å². The minimum Gasteiger partial charge on any atom is -0.490 e. The van der Waals surface area contributed by atoms with Crippen LogP contribution in [-0.2, 0) is 4.79 Å². The van der Waals surface area contributed by atoms with Crippen molar-refractivity contribution in [1.29, 1.82) is 0 Å². The first-order valence-electron chi connectivity index (χ1n) is 10.1. The Morgan fingerprint density at radius 1 is 0.833 bits per heavy atom. The molecule has 0 aliphatic rings. The average molecular weight is 405 g/mol. The van der Waals surface area contributed by atoms with Crippen LogP contribution in [0, 0.1) is 0 Å². The van der Waals surface area contributed by atoms with Crippen LogP contribution in [0.2, 0.25) is 0 Å². The highest BCUT2D eigenvalue weighted by Gasteiger charge is 2.09. The van der Waals surface area contributed by atoms with E-state index in [1.54, 1.807) is 0 Å². The Bertz CT molecular complexity index is 942. The summed E-state index contributed by atoms with van der Waals surface area (Å²) in [6.45, 7) is 5.29. The molecule has 0 aromatic heterocycles. The summed E-state index contributed by atoms with van der Waals surface area (Å²) in [6, 6.07) is 25.1. The lowest BCUT2D eigenvalue weighted by atomic mass is 10.0. The van der Waals surface area contributed by atoms with Crippen molar-refractivity contribution in [3.05, 3.63) is 84.4 Å². The van der Waals surface area contributed by atoms with Crippen LogP contribution in [0.4, 0.5) is 11.4 Å². The molecule has 1 amide bonds. The first kappa shape index (κ1) is 21.2. The van der Waals surface area contributed by atoms with E-state index in [9.17, 15) is 4.79 Å². The number of nitrogens with one attached hydrogen (secondary N) is 2. The molecule has 0 fully saturated rings. The molecule has 3 aromatic rings. The zero-order valence-corrected chi connectivity index (χ0v) is 17.4. The van der Waals surface area contributed by atoms with Gasteiger partial charge in [0.05, 0.1) is 6.54 Å². The van der Waals surface area contributed by atoms with E-state index < -0.39 is 0 Å². The van der Waals surface area contributed by atoms with E-state index in [4.69, 9.17) is 9.47 Å². The van der Waals surface area contributed by atoms with Crippen LogP contribution in [0.25, 0.3) is 0 Å². The predicted octanol–water partition coefficient (Wildman–Crippen LogP) is 5.32. The van der Waals surface area contributed by atoms with Crippen molar-refractivity contribution < 1.29 is 14.3 Å². The van der Waals surface area contributed by atoms with Gasteiger partial charge in [0.15, 0.2) is 0 Å². The van der Waals surface area contributed by atoms with Crippen molar-refractivity contribution in [2.45, 2.75) is 19.8 Å². The molecule has 2 N–H and O–H groups in total. The number of amides is 1. The van der Waals surface area contributed by atoms with Gasteiger partial charge in [-0.1, -0.05) is 56.3 Å². The van der Waals surface area contributed by atoms with Crippen LogP contribution in [0.15, 0.2) is 78.9 Å². The Morgan fingerprint density at radius 2 is 1.50 bits per heavy atom. The second-order valence-electron chi connectivity index (χ2n) is 7.18. The molecule has 3 aromatic carbocycles. The Morgan fingerprint density at radius 3 is 2.27 bits per heavy atom. The summed E-state index contributed by atoms with van der Waals surface area (Å²) in [5.41, 5.74) is 2.80. The van der Waals surface area contributed by atoms with E-state index in [-0.39, 0.29) is 12.5 Å². The van der Waals surface area contributed by atoms with Gasteiger partial charge < -0.3 is 20.1 Å². The molecule has 0 heterocycles. The van der Waals surface area contributed by atoms with E-state index in [0.717, 1.165) is 28.4 Å². The van der Waals surface area contributed by atoms with Crippen molar-refractivity contribution >= 4 is 17.3 Å². The Kier molecular flexibility index (Phi) is 7.72. The fourth-order valence-corrected chi connectivity index (χ4v) is 3.02. The number of para-hydroxylation sites is 2. The zero-order valence-electron chi connectivity index (χ0n) is 17.4. The summed E-state index contributed by atoms with van der Waals surface area (Å²) >= 11 is 0. The lowest BCUT2D eigenvalue weighted by Gasteiger charge is -2.14. The van der Waals surface area contributed by atoms with E-state index in [1.165, 1.54) is 0 Å². The molecule has 0 saturated carbocycles. The van der Waals surface area contributed by atoms with Gasteiger partial charge in [-0.05, 0) is 41.8 Å². The number of ether oxygens (including phenoxy) is 2. The van der Waals surface area contributed by atoms with E-state index in [2.05, 4.69) is 24.5 Å². The van der Waals surface area contributed by atoms with Crippen LogP contribution >= 0.6 is 0 Å². The molecule has 0 unspecified atom stereocenters. The molecule has 5 heteroatoms. The Hall–Kier alpha value is -3.47. The highest BCUT2D eigenvalue weighted by molar-refractivity contribution is 5.94. The molecule has 0 aliphatic heterocycles. The van der Waals surface area contributed by atoms with E-state index in [1.807, 2.05) is 78.9 Å².